The van der Waals surface area contributed by atoms with Gasteiger partial charge in [-0.25, -0.2) is 0 Å². The molecule has 0 spiro atoms. The molecule has 0 bridgehead atoms. The molecular formula is C14H14BrClO3. The average Bonchev–Trinajstić information content (AvgIpc) is 2.43. The number of hydrogen-bond acceptors (Lipinski definition) is 3. The van der Waals surface area contributed by atoms with Crippen molar-refractivity contribution in [1.29, 1.82) is 0 Å². The fraction of sp³-hybridized carbons (Fsp3) is 0.214. The van der Waals surface area contributed by atoms with E-state index in [0.717, 1.165) is 0 Å². The van der Waals surface area contributed by atoms with Crippen molar-refractivity contribution in [3.63, 3.8) is 0 Å². The molecule has 0 aliphatic carbocycles. The van der Waals surface area contributed by atoms with Crippen LogP contribution in [0.4, 0.5) is 0 Å². The van der Waals surface area contributed by atoms with Crippen LogP contribution in [-0.4, -0.2) is 24.3 Å². The van der Waals surface area contributed by atoms with E-state index in [1.54, 1.807) is 24.3 Å². The number of halogens is 2. The lowest BCUT2D eigenvalue weighted by Crippen LogP contribution is -2.07. The summed E-state index contributed by atoms with van der Waals surface area (Å²) in [4.78, 5) is 11.8. The van der Waals surface area contributed by atoms with Gasteiger partial charge in [-0.2, -0.15) is 0 Å². The number of benzene rings is 1. The van der Waals surface area contributed by atoms with Gasteiger partial charge in [0.1, 0.15) is 24.0 Å². The summed E-state index contributed by atoms with van der Waals surface area (Å²) in [6, 6.07) is 3.27. The topological polar surface area (TPSA) is 35.5 Å². The Hall–Kier alpha value is -1.26. The second-order valence-electron chi connectivity index (χ2n) is 3.51. The zero-order chi connectivity index (χ0) is 14.3. The van der Waals surface area contributed by atoms with E-state index in [2.05, 4.69) is 29.1 Å². The lowest BCUT2D eigenvalue weighted by atomic mass is 10.1. The first-order valence-corrected chi connectivity index (χ1v) is 7.04. The highest BCUT2D eigenvalue weighted by molar-refractivity contribution is 9.09. The molecule has 0 N–H and O–H groups in total. The van der Waals surface area contributed by atoms with Crippen LogP contribution in [0.5, 0.6) is 11.5 Å². The third-order valence-corrected chi connectivity index (χ3v) is 3.05. The zero-order valence-electron chi connectivity index (χ0n) is 10.3. The summed E-state index contributed by atoms with van der Waals surface area (Å²) < 4.78 is 10.9. The van der Waals surface area contributed by atoms with Gasteiger partial charge in [-0.15, -0.1) is 0 Å². The highest BCUT2D eigenvalue weighted by Crippen LogP contribution is 2.37. The molecule has 0 unspecified atom stereocenters. The molecule has 0 atom stereocenters. The molecule has 102 valence electrons. The number of carbonyl (C=O) groups is 1. The Morgan fingerprint density at radius 3 is 2.47 bits per heavy atom. The minimum absolute atomic E-state index is 0.115. The first-order chi connectivity index (χ1) is 9.15. The normalized spacial score (nSPS) is 9.79. The van der Waals surface area contributed by atoms with Crippen LogP contribution >= 0.6 is 27.5 Å². The third-order valence-electron chi connectivity index (χ3n) is 2.19. The molecule has 0 fully saturated rings. The van der Waals surface area contributed by atoms with E-state index in [-0.39, 0.29) is 22.7 Å². The molecule has 1 aromatic carbocycles. The van der Waals surface area contributed by atoms with E-state index in [0.29, 0.717) is 23.7 Å². The third kappa shape index (κ3) is 4.11. The van der Waals surface area contributed by atoms with Gasteiger partial charge in [0.25, 0.3) is 0 Å². The standard InChI is InChI=1S/C14H14BrClO3/c1-3-7-18-12-6-5-10(11(17)9-15)14(13(12)16)19-8-4-2/h3-6H,1-2,7-9H2. The molecular weight excluding hydrogens is 332 g/mol. The largest absolute Gasteiger partial charge is 0.488 e. The van der Waals surface area contributed by atoms with Gasteiger partial charge in [0.2, 0.25) is 0 Å². The van der Waals surface area contributed by atoms with Crippen molar-refractivity contribution in [3.8, 4) is 11.5 Å². The molecule has 0 amide bonds. The molecule has 0 aliphatic rings. The van der Waals surface area contributed by atoms with Crippen LogP contribution in [0.1, 0.15) is 10.4 Å². The average molecular weight is 346 g/mol. The number of ether oxygens (including phenoxy) is 2. The summed E-state index contributed by atoms with van der Waals surface area (Å²) in [7, 11) is 0. The molecule has 5 heteroatoms. The van der Waals surface area contributed by atoms with Gasteiger partial charge >= 0.3 is 0 Å². The summed E-state index contributed by atoms with van der Waals surface area (Å²) in [5.41, 5.74) is 0.412. The van der Waals surface area contributed by atoms with Gasteiger partial charge in [0.05, 0.1) is 10.9 Å². The maximum atomic E-state index is 11.8. The second kappa shape index (κ2) is 8.02. The number of ketones is 1. The second-order valence-corrected chi connectivity index (χ2v) is 4.45. The maximum absolute atomic E-state index is 11.8. The van der Waals surface area contributed by atoms with Gasteiger partial charge in [-0.3, -0.25) is 4.79 Å². The van der Waals surface area contributed by atoms with Crippen LogP contribution < -0.4 is 9.47 Å². The van der Waals surface area contributed by atoms with Gasteiger partial charge in [0.15, 0.2) is 11.5 Å². The highest BCUT2D eigenvalue weighted by Gasteiger charge is 2.18. The lowest BCUT2D eigenvalue weighted by molar-refractivity contribution is 0.102. The van der Waals surface area contributed by atoms with Crippen LogP contribution in [0.2, 0.25) is 5.02 Å². The smallest absolute Gasteiger partial charge is 0.177 e. The van der Waals surface area contributed by atoms with Crippen molar-refractivity contribution in [3.05, 3.63) is 48.0 Å². The quantitative estimate of drug-likeness (QED) is 0.405. The van der Waals surface area contributed by atoms with E-state index >= 15 is 0 Å². The molecule has 1 aromatic rings. The predicted molar refractivity (Wildman–Crippen MR) is 81.0 cm³/mol. The van der Waals surface area contributed by atoms with Crippen LogP contribution in [0.25, 0.3) is 0 Å². The van der Waals surface area contributed by atoms with Crippen molar-refractivity contribution < 1.29 is 14.3 Å². The van der Waals surface area contributed by atoms with E-state index in [1.165, 1.54) is 0 Å². The fourth-order valence-electron chi connectivity index (χ4n) is 1.37. The minimum Gasteiger partial charge on any atom is -0.488 e. The van der Waals surface area contributed by atoms with Crippen LogP contribution in [-0.2, 0) is 0 Å². The number of Topliss-reactive ketones (excluding diaryl/α,β-unsaturated/α-hetero) is 1. The Kier molecular flexibility index (Phi) is 6.67. The van der Waals surface area contributed by atoms with E-state index in [9.17, 15) is 4.79 Å². The van der Waals surface area contributed by atoms with Crippen LogP contribution in [0, 0.1) is 0 Å². The molecule has 0 saturated heterocycles. The Balaban J connectivity index is 3.18. The molecule has 0 aromatic heterocycles. The summed E-state index contributed by atoms with van der Waals surface area (Å²) >= 11 is 9.33. The lowest BCUT2D eigenvalue weighted by Gasteiger charge is -2.14. The fourth-order valence-corrected chi connectivity index (χ4v) is 1.95. The number of alkyl halides is 1. The van der Waals surface area contributed by atoms with Crippen molar-refractivity contribution in [2.24, 2.45) is 0 Å². The van der Waals surface area contributed by atoms with Crippen LogP contribution in [0.15, 0.2) is 37.4 Å². The SMILES string of the molecule is C=CCOc1ccc(C(=O)CBr)c(OCC=C)c1Cl. The van der Waals surface area contributed by atoms with Gasteiger partial charge in [-0.1, -0.05) is 52.8 Å². The minimum atomic E-state index is -0.115. The Bertz CT molecular complexity index is 486. The molecule has 0 aliphatic heterocycles. The monoisotopic (exact) mass is 344 g/mol. The summed E-state index contributed by atoms with van der Waals surface area (Å²) in [6.07, 6.45) is 3.19. The Morgan fingerprint density at radius 1 is 1.26 bits per heavy atom. The number of rotatable bonds is 8. The predicted octanol–water partition coefficient (Wildman–Crippen LogP) is 4.05. The van der Waals surface area contributed by atoms with E-state index in [4.69, 9.17) is 21.1 Å². The first-order valence-electron chi connectivity index (χ1n) is 5.54. The number of carbonyl (C=O) groups excluding carboxylic acids is 1. The van der Waals surface area contributed by atoms with Gasteiger partial charge in [-0.05, 0) is 12.1 Å². The molecule has 0 heterocycles. The molecule has 0 radical (unpaired) electrons. The molecule has 3 nitrogen and oxygen atoms in total. The van der Waals surface area contributed by atoms with E-state index in [1.807, 2.05) is 0 Å². The van der Waals surface area contributed by atoms with Crippen molar-refractivity contribution in [2.45, 2.75) is 0 Å². The number of hydrogen-bond donors (Lipinski definition) is 0. The van der Waals surface area contributed by atoms with Gasteiger partial charge in [0, 0.05) is 0 Å². The molecule has 19 heavy (non-hydrogen) atoms. The first kappa shape index (κ1) is 15.8. The van der Waals surface area contributed by atoms with Crippen LogP contribution in [0.3, 0.4) is 0 Å². The van der Waals surface area contributed by atoms with E-state index < -0.39 is 0 Å². The van der Waals surface area contributed by atoms with Crippen molar-refractivity contribution in [2.75, 3.05) is 18.5 Å². The summed E-state index contributed by atoms with van der Waals surface area (Å²) in [5.74, 6) is 0.649. The summed E-state index contributed by atoms with van der Waals surface area (Å²) in [5, 5.41) is 0.469. The van der Waals surface area contributed by atoms with Gasteiger partial charge < -0.3 is 9.47 Å². The molecule has 0 saturated carbocycles. The Morgan fingerprint density at radius 2 is 1.89 bits per heavy atom. The summed E-state index contributed by atoms with van der Waals surface area (Å²) in [6.45, 7) is 7.71. The zero-order valence-corrected chi connectivity index (χ0v) is 12.7. The molecule has 1 rings (SSSR count). The maximum Gasteiger partial charge on any atom is 0.177 e. The van der Waals surface area contributed by atoms with Crippen molar-refractivity contribution in [1.82, 2.24) is 0 Å². The van der Waals surface area contributed by atoms with Crippen molar-refractivity contribution >= 4 is 33.3 Å². The Labute approximate surface area is 126 Å². The highest BCUT2D eigenvalue weighted by atomic mass is 79.9.